The lowest BCUT2D eigenvalue weighted by molar-refractivity contribution is 0.507. The third kappa shape index (κ3) is 1.23. The molecule has 1 fully saturated rings. The summed E-state index contributed by atoms with van der Waals surface area (Å²) in [6.45, 7) is 0. The van der Waals surface area contributed by atoms with Gasteiger partial charge in [-0.3, -0.25) is 4.68 Å². The average Bonchev–Trinajstić information content (AvgIpc) is 2.88. The lowest BCUT2D eigenvalue weighted by Crippen LogP contribution is -2.18. The molecule has 3 rings (SSSR count). The molecule has 0 aliphatic heterocycles. The van der Waals surface area contributed by atoms with Crippen LogP contribution in [0.2, 0.25) is 0 Å². The summed E-state index contributed by atoms with van der Waals surface area (Å²) in [5.74, 6) is 0. The van der Waals surface area contributed by atoms with Crippen LogP contribution in [-0.2, 0) is 5.54 Å². The Morgan fingerprint density at radius 3 is 2.47 bits per heavy atom. The molecule has 1 saturated carbocycles. The Bertz CT molecular complexity index is 452. The van der Waals surface area contributed by atoms with Gasteiger partial charge in [-0.15, -0.1) is 0 Å². The summed E-state index contributed by atoms with van der Waals surface area (Å²) < 4.78 is 2.05. The van der Waals surface area contributed by atoms with Gasteiger partial charge in [-0.05, 0) is 36.6 Å². The van der Waals surface area contributed by atoms with Crippen LogP contribution in [0.15, 0.2) is 42.7 Å². The van der Waals surface area contributed by atoms with E-state index in [-0.39, 0.29) is 5.54 Å². The number of anilines is 1. The SMILES string of the molecule is Nc1ccc(C2(n3cccn3)CC2)cc1. The monoisotopic (exact) mass is 199 g/mol. The second-order valence-corrected chi connectivity index (χ2v) is 4.10. The molecule has 3 nitrogen and oxygen atoms in total. The van der Waals surface area contributed by atoms with Crippen molar-refractivity contribution in [1.29, 1.82) is 0 Å². The summed E-state index contributed by atoms with van der Waals surface area (Å²) in [7, 11) is 0. The van der Waals surface area contributed by atoms with Crippen LogP contribution in [0.1, 0.15) is 18.4 Å². The second kappa shape index (κ2) is 2.86. The first-order valence-corrected chi connectivity index (χ1v) is 5.17. The van der Waals surface area contributed by atoms with Crippen molar-refractivity contribution in [3.63, 3.8) is 0 Å². The third-order valence-electron chi connectivity index (χ3n) is 3.11. The zero-order valence-corrected chi connectivity index (χ0v) is 8.43. The molecule has 0 saturated heterocycles. The van der Waals surface area contributed by atoms with Gasteiger partial charge < -0.3 is 5.73 Å². The molecule has 0 unspecified atom stereocenters. The Balaban J connectivity index is 2.04. The van der Waals surface area contributed by atoms with Crippen LogP contribution in [0, 0.1) is 0 Å². The maximum absolute atomic E-state index is 5.69. The van der Waals surface area contributed by atoms with Crippen LogP contribution < -0.4 is 5.73 Å². The molecule has 1 aliphatic carbocycles. The zero-order chi connectivity index (χ0) is 10.3. The van der Waals surface area contributed by atoms with E-state index in [0.717, 1.165) is 5.69 Å². The quantitative estimate of drug-likeness (QED) is 0.752. The number of rotatable bonds is 2. The molecule has 2 N–H and O–H groups in total. The first-order valence-electron chi connectivity index (χ1n) is 5.17. The summed E-state index contributed by atoms with van der Waals surface area (Å²) in [5, 5.41) is 4.33. The van der Waals surface area contributed by atoms with Crippen LogP contribution in [0.5, 0.6) is 0 Å². The predicted molar refractivity (Wildman–Crippen MR) is 59.4 cm³/mol. The first-order chi connectivity index (χ1) is 7.31. The average molecular weight is 199 g/mol. The second-order valence-electron chi connectivity index (χ2n) is 4.10. The van der Waals surface area contributed by atoms with Gasteiger partial charge in [-0.2, -0.15) is 5.10 Å². The Hall–Kier alpha value is -1.77. The molecule has 1 heterocycles. The van der Waals surface area contributed by atoms with E-state index >= 15 is 0 Å². The van der Waals surface area contributed by atoms with Crippen LogP contribution in [-0.4, -0.2) is 9.78 Å². The van der Waals surface area contributed by atoms with Gasteiger partial charge in [0.2, 0.25) is 0 Å². The smallest absolute Gasteiger partial charge is 0.0877 e. The molecule has 76 valence electrons. The van der Waals surface area contributed by atoms with E-state index in [1.54, 1.807) is 0 Å². The predicted octanol–water partition coefficient (Wildman–Crippen LogP) is 2.00. The molecule has 2 aromatic rings. The molecule has 1 aromatic carbocycles. The lowest BCUT2D eigenvalue weighted by atomic mass is 10.0. The van der Waals surface area contributed by atoms with Gasteiger partial charge in [-0.1, -0.05) is 12.1 Å². The first kappa shape index (κ1) is 8.53. The van der Waals surface area contributed by atoms with Gasteiger partial charge in [0.1, 0.15) is 0 Å². The van der Waals surface area contributed by atoms with Crippen molar-refractivity contribution in [3.05, 3.63) is 48.3 Å². The fraction of sp³-hybridized carbons (Fsp3) is 0.250. The molecule has 3 heteroatoms. The number of nitrogens with two attached hydrogens (primary N) is 1. The molecule has 0 bridgehead atoms. The zero-order valence-electron chi connectivity index (χ0n) is 8.43. The molecule has 1 aromatic heterocycles. The van der Waals surface area contributed by atoms with Gasteiger partial charge in [-0.25, -0.2) is 0 Å². The van der Waals surface area contributed by atoms with Crippen LogP contribution in [0.4, 0.5) is 5.69 Å². The number of benzene rings is 1. The topological polar surface area (TPSA) is 43.8 Å². The van der Waals surface area contributed by atoms with Gasteiger partial charge in [0.15, 0.2) is 0 Å². The van der Waals surface area contributed by atoms with Gasteiger partial charge in [0.05, 0.1) is 5.54 Å². The molecule has 15 heavy (non-hydrogen) atoms. The minimum absolute atomic E-state index is 0.108. The fourth-order valence-corrected chi connectivity index (χ4v) is 2.08. The third-order valence-corrected chi connectivity index (χ3v) is 3.11. The van der Waals surface area contributed by atoms with E-state index in [9.17, 15) is 0 Å². The van der Waals surface area contributed by atoms with E-state index in [2.05, 4.69) is 21.9 Å². The number of nitrogen functional groups attached to an aromatic ring is 1. The van der Waals surface area contributed by atoms with E-state index in [0.29, 0.717) is 0 Å². The highest BCUT2D eigenvalue weighted by Gasteiger charge is 2.46. The molecule has 0 amide bonds. The Morgan fingerprint density at radius 1 is 1.20 bits per heavy atom. The minimum atomic E-state index is 0.108. The Labute approximate surface area is 88.5 Å². The van der Waals surface area contributed by atoms with Crippen molar-refractivity contribution in [2.24, 2.45) is 0 Å². The Morgan fingerprint density at radius 2 is 1.93 bits per heavy atom. The van der Waals surface area contributed by atoms with Crippen molar-refractivity contribution >= 4 is 5.69 Å². The van der Waals surface area contributed by atoms with Crippen molar-refractivity contribution in [2.45, 2.75) is 18.4 Å². The normalized spacial score (nSPS) is 17.6. The lowest BCUT2D eigenvalue weighted by Gasteiger charge is -2.16. The highest BCUT2D eigenvalue weighted by Crippen LogP contribution is 2.48. The van der Waals surface area contributed by atoms with Crippen molar-refractivity contribution in [2.75, 3.05) is 5.73 Å². The maximum atomic E-state index is 5.69. The van der Waals surface area contributed by atoms with Crippen molar-refractivity contribution < 1.29 is 0 Å². The standard InChI is InChI=1S/C12H13N3/c13-11-4-2-10(3-5-11)12(6-7-12)15-9-1-8-14-15/h1-5,8-9H,6-7,13H2. The van der Waals surface area contributed by atoms with E-state index in [4.69, 9.17) is 5.73 Å². The van der Waals surface area contributed by atoms with Crippen molar-refractivity contribution in [3.8, 4) is 0 Å². The van der Waals surface area contributed by atoms with Gasteiger partial charge in [0.25, 0.3) is 0 Å². The summed E-state index contributed by atoms with van der Waals surface area (Å²) in [5.41, 5.74) is 7.92. The molecular formula is C12H13N3. The van der Waals surface area contributed by atoms with Crippen LogP contribution >= 0.6 is 0 Å². The highest BCUT2D eigenvalue weighted by molar-refractivity contribution is 5.43. The number of aromatic nitrogens is 2. The summed E-state index contributed by atoms with van der Waals surface area (Å²) in [6, 6.07) is 10.1. The molecular weight excluding hydrogens is 186 g/mol. The van der Waals surface area contributed by atoms with Crippen LogP contribution in [0.3, 0.4) is 0 Å². The van der Waals surface area contributed by atoms with E-state index < -0.39 is 0 Å². The summed E-state index contributed by atoms with van der Waals surface area (Å²) in [6.07, 6.45) is 6.19. The van der Waals surface area contributed by atoms with Gasteiger partial charge in [0, 0.05) is 18.1 Å². The number of nitrogens with zero attached hydrogens (tertiary/aromatic N) is 2. The van der Waals surface area contributed by atoms with Crippen LogP contribution in [0.25, 0.3) is 0 Å². The molecule has 0 radical (unpaired) electrons. The minimum Gasteiger partial charge on any atom is -0.399 e. The van der Waals surface area contributed by atoms with E-state index in [1.807, 2.05) is 30.6 Å². The molecule has 0 atom stereocenters. The molecule has 1 aliphatic rings. The summed E-state index contributed by atoms with van der Waals surface area (Å²) >= 11 is 0. The van der Waals surface area contributed by atoms with E-state index in [1.165, 1.54) is 18.4 Å². The fourth-order valence-electron chi connectivity index (χ4n) is 2.08. The summed E-state index contributed by atoms with van der Waals surface area (Å²) in [4.78, 5) is 0. The molecule has 0 spiro atoms. The number of hydrogen-bond acceptors (Lipinski definition) is 2. The Kier molecular flexibility index (Phi) is 1.63. The maximum Gasteiger partial charge on any atom is 0.0877 e. The number of hydrogen-bond donors (Lipinski definition) is 1. The van der Waals surface area contributed by atoms with Gasteiger partial charge >= 0.3 is 0 Å². The largest absolute Gasteiger partial charge is 0.399 e. The highest BCUT2D eigenvalue weighted by atomic mass is 15.3. The van der Waals surface area contributed by atoms with Crippen molar-refractivity contribution in [1.82, 2.24) is 9.78 Å².